The van der Waals surface area contributed by atoms with Crippen LogP contribution in [0.1, 0.15) is 6.92 Å². The second kappa shape index (κ2) is 10.3. The Balaban J connectivity index is 1.56. The number of amides is 1. The van der Waals surface area contributed by atoms with Crippen molar-refractivity contribution in [3.05, 3.63) is 54.6 Å². The summed E-state index contributed by atoms with van der Waals surface area (Å²) in [6.45, 7) is 1.96. The van der Waals surface area contributed by atoms with Gasteiger partial charge in [-0.05, 0) is 43.3 Å². The van der Waals surface area contributed by atoms with Gasteiger partial charge < -0.3 is 21.1 Å². The summed E-state index contributed by atoms with van der Waals surface area (Å²) in [4.78, 5) is 24.0. The van der Waals surface area contributed by atoms with Crippen molar-refractivity contribution >= 4 is 46.6 Å². The van der Waals surface area contributed by atoms with E-state index in [0.717, 1.165) is 23.1 Å². The van der Waals surface area contributed by atoms with E-state index in [1.807, 2.05) is 42.5 Å². The van der Waals surface area contributed by atoms with Gasteiger partial charge in [0.25, 0.3) is 0 Å². The highest BCUT2D eigenvalue weighted by molar-refractivity contribution is 7.99. The van der Waals surface area contributed by atoms with E-state index in [1.165, 1.54) is 4.57 Å². The molecule has 4 N–H and O–H groups in total. The van der Waals surface area contributed by atoms with E-state index in [1.54, 1.807) is 19.1 Å². The van der Waals surface area contributed by atoms with Gasteiger partial charge >= 0.3 is 5.97 Å². The Kier molecular flexibility index (Phi) is 7.28. The van der Waals surface area contributed by atoms with Gasteiger partial charge in [-0.25, -0.2) is 0 Å². The molecular formula is C20H22N6O3S. The third-order valence-electron chi connectivity index (χ3n) is 3.90. The van der Waals surface area contributed by atoms with Crippen LogP contribution in [0, 0.1) is 0 Å². The molecule has 0 aliphatic carbocycles. The summed E-state index contributed by atoms with van der Waals surface area (Å²) >= 11 is 1.11. The number of para-hydroxylation sites is 1. The molecule has 0 aliphatic rings. The second-order valence-electron chi connectivity index (χ2n) is 6.14. The van der Waals surface area contributed by atoms with Gasteiger partial charge in [-0.1, -0.05) is 30.0 Å². The fourth-order valence-electron chi connectivity index (χ4n) is 2.55. The number of carbonyl (C=O) groups excluding carboxylic acids is 2. The molecule has 9 nitrogen and oxygen atoms in total. The first kappa shape index (κ1) is 21.2. The van der Waals surface area contributed by atoms with Crippen LogP contribution < -0.4 is 16.4 Å². The molecule has 0 fully saturated rings. The highest BCUT2D eigenvalue weighted by atomic mass is 32.2. The van der Waals surface area contributed by atoms with E-state index in [-0.39, 0.29) is 30.1 Å². The lowest BCUT2D eigenvalue weighted by Crippen LogP contribution is -2.20. The molecule has 0 saturated carbocycles. The van der Waals surface area contributed by atoms with Crippen LogP contribution in [-0.4, -0.2) is 39.0 Å². The number of hydrogen-bond acceptors (Lipinski definition) is 8. The summed E-state index contributed by atoms with van der Waals surface area (Å²) in [5.41, 5.74) is 8.34. The zero-order chi connectivity index (χ0) is 21.3. The van der Waals surface area contributed by atoms with Crippen LogP contribution >= 0.6 is 11.8 Å². The maximum absolute atomic E-state index is 12.4. The highest BCUT2D eigenvalue weighted by Crippen LogP contribution is 2.20. The fraction of sp³-hybridized carbons (Fsp3) is 0.200. The highest BCUT2D eigenvalue weighted by Gasteiger charge is 2.15. The zero-order valence-electron chi connectivity index (χ0n) is 16.4. The molecule has 1 heterocycles. The van der Waals surface area contributed by atoms with E-state index in [4.69, 9.17) is 10.5 Å². The summed E-state index contributed by atoms with van der Waals surface area (Å²) in [5.74, 6) is -0.504. The van der Waals surface area contributed by atoms with Crippen molar-refractivity contribution in [3.8, 4) is 0 Å². The molecule has 0 saturated heterocycles. The molecule has 0 aliphatic heterocycles. The predicted molar refractivity (Wildman–Crippen MR) is 117 cm³/mol. The molecule has 3 rings (SSSR count). The number of aromatic nitrogens is 3. The average molecular weight is 427 g/mol. The Morgan fingerprint density at radius 3 is 2.40 bits per heavy atom. The monoisotopic (exact) mass is 426 g/mol. The number of hydrogen-bond donors (Lipinski definition) is 3. The summed E-state index contributed by atoms with van der Waals surface area (Å²) in [6, 6.07) is 17.1. The number of anilines is 4. The summed E-state index contributed by atoms with van der Waals surface area (Å²) in [7, 11) is 0. The van der Waals surface area contributed by atoms with E-state index in [9.17, 15) is 9.59 Å². The minimum Gasteiger partial charge on any atom is -0.465 e. The van der Waals surface area contributed by atoms with Gasteiger partial charge in [0.05, 0.1) is 12.4 Å². The molecule has 30 heavy (non-hydrogen) atoms. The van der Waals surface area contributed by atoms with Crippen LogP contribution in [0.25, 0.3) is 0 Å². The minimum atomic E-state index is -0.371. The molecular weight excluding hydrogens is 404 g/mol. The first-order chi connectivity index (χ1) is 14.5. The lowest BCUT2D eigenvalue weighted by Gasteiger charge is -2.10. The SMILES string of the molecule is CCOC(=O)CSc1nnc(N)n1CC(=O)Nc1ccc(Nc2ccccc2)cc1. The van der Waals surface area contributed by atoms with Crippen LogP contribution in [0.5, 0.6) is 0 Å². The Morgan fingerprint density at radius 2 is 1.70 bits per heavy atom. The average Bonchev–Trinajstić information content (AvgIpc) is 3.08. The number of ether oxygens (including phenoxy) is 1. The number of thioether (sulfide) groups is 1. The van der Waals surface area contributed by atoms with Crippen LogP contribution in [0.15, 0.2) is 59.8 Å². The van der Waals surface area contributed by atoms with E-state index < -0.39 is 0 Å². The zero-order valence-corrected chi connectivity index (χ0v) is 17.2. The molecule has 1 amide bonds. The molecule has 156 valence electrons. The number of carbonyl (C=O) groups is 2. The number of nitrogens with zero attached hydrogens (tertiary/aromatic N) is 3. The van der Waals surface area contributed by atoms with Crippen LogP contribution in [0.3, 0.4) is 0 Å². The summed E-state index contributed by atoms with van der Waals surface area (Å²) < 4.78 is 6.33. The van der Waals surface area contributed by atoms with Gasteiger partial charge in [-0.3, -0.25) is 14.2 Å². The Morgan fingerprint density at radius 1 is 1.03 bits per heavy atom. The lowest BCUT2D eigenvalue weighted by molar-refractivity contribution is -0.139. The standard InChI is InChI=1S/C20H22N6O3S/c1-2-29-18(28)13-30-20-25-24-19(21)26(20)12-17(27)23-16-10-8-15(9-11-16)22-14-6-4-3-5-7-14/h3-11,22H,2,12-13H2,1H3,(H2,21,24)(H,23,27). The van der Waals surface area contributed by atoms with E-state index in [2.05, 4.69) is 20.8 Å². The number of nitrogen functional groups attached to an aromatic ring is 1. The molecule has 0 radical (unpaired) electrons. The fourth-order valence-corrected chi connectivity index (χ4v) is 3.29. The molecule has 0 bridgehead atoms. The van der Waals surface area contributed by atoms with Gasteiger partial charge in [-0.2, -0.15) is 0 Å². The van der Waals surface area contributed by atoms with Crippen molar-refractivity contribution in [1.82, 2.24) is 14.8 Å². The first-order valence-electron chi connectivity index (χ1n) is 9.24. The Hall–Kier alpha value is -3.53. The van der Waals surface area contributed by atoms with Crippen molar-refractivity contribution in [1.29, 1.82) is 0 Å². The van der Waals surface area contributed by atoms with Crippen LogP contribution in [0.4, 0.5) is 23.0 Å². The lowest BCUT2D eigenvalue weighted by atomic mass is 10.2. The molecule has 2 aromatic carbocycles. The number of esters is 1. The van der Waals surface area contributed by atoms with Gasteiger partial charge in [0.1, 0.15) is 6.54 Å². The van der Waals surface area contributed by atoms with Gasteiger partial charge in [0, 0.05) is 17.1 Å². The molecule has 10 heteroatoms. The number of rotatable bonds is 9. The first-order valence-corrected chi connectivity index (χ1v) is 10.2. The topological polar surface area (TPSA) is 124 Å². The predicted octanol–water partition coefficient (Wildman–Crippen LogP) is 2.90. The second-order valence-corrected chi connectivity index (χ2v) is 7.08. The Labute approximate surface area is 178 Å². The summed E-state index contributed by atoms with van der Waals surface area (Å²) in [6.07, 6.45) is 0. The van der Waals surface area contributed by atoms with Crippen LogP contribution in [-0.2, 0) is 20.9 Å². The van der Waals surface area contributed by atoms with Crippen molar-refractivity contribution in [2.24, 2.45) is 0 Å². The van der Waals surface area contributed by atoms with Crippen molar-refractivity contribution in [3.63, 3.8) is 0 Å². The molecule has 0 unspecified atom stereocenters. The third-order valence-corrected chi connectivity index (χ3v) is 4.84. The van der Waals surface area contributed by atoms with Gasteiger partial charge in [-0.15, -0.1) is 10.2 Å². The largest absolute Gasteiger partial charge is 0.465 e. The van der Waals surface area contributed by atoms with E-state index in [0.29, 0.717) is 17.5 Å². The third kappa shape index (κ3) is 5.98. The maximum atomic E-state index is 12.4. The molecule has 3 aromatic rings. The van der Waals surface area contributed by atoms with Crippen molar-refractivity contribution in [2.75, 3.05) is 28.7 Å². The van der Waals surface area contributed by atoms with E-state index >= 15 is 0 Å². The Bertz CT molecular complexity index is 992. The number of nitrogens with one attached hydrogen (secondary N) is 2. The minimum absolute atomic E-state index is 0.0590. The quantitative estimate of drug-likeness (QED) is 0.352. The van der Waals surface area contributed by atoms with Gasteiger partial charge in [0.2, 0.25) is 11.9 Å². The normalized spacial score (nSPS) is 10.4. The molecule has 0 atom stereocenters. The van der Waals surface area contributed by atoms with Crippen molar-refractivity contribution in [2.45, 2.75) is 18.6 Å². The van der Waals surface area contributed by atoms with Crippen LogP contribution in [0.2, 0.25) is 0 Å². The summed E-state index contributed by atoms with van der Waals surface area (Å²) in [5, 5.41) is 14.2. The number of benzene rings is 2. The van der Waals surface area contributed by atoms with Crippen molar-refractivity contribution < 1.29 is 14.3 Å². The molecule has 0 spiro atoms. The maximum Gasteiger partial charge on any atom is 0.316 e. The van der Waals surface area contributed by atoms with Gasteiger partial charge in [0.15, 0.2) is 5.16 Å². The molecule has 1 aromatic heterocycles. The number of nitrogens with two attached hydrogens (primary N) is 1. The smallest absolute Gasteiger partial charge is 0.316 e.